The highest BCUT2D eigenvalue weighted by atomic mass is 19.1. The minimum absolute atomic E-state index is 0.0157. The van der Waals surface area contributed by atoms with Crippen molar-refractivity contribution in [2.75, 3.05) is 91.6 Å². The maximum absolute atomic E-state index is 15.1. The Balaban J connectivity index is 0.705. The average Bonchev–Trinajstić information content (AvgIpc) is 3.38. The summed E-state index contributed by atoms with van der Waals surface area (Å²) >= 11 is 0. The van der Waals surface area contributed by atoms with Crippen LogP contribution in [-0.2, 0) is 16.0 Å². The number of hydrogen-bond acceptors (Lipinski definition) is 9. The van der Waals surface area contributed by atoms with E-state index >= 15 is 4.39 Å². The number of aromatic nitrogens is 2. The van der Waals surface area contributed by atoms with Gasteiger partial charge in [-0.1, -0.05) is 55.7 Å². The molecule has 14 nitrogen and oxygen atoms in total. The van der Waals surface area contributed by atoms with E-state index in [2.05, 4.69) is 36.7 Å². The predicted octanol–water partition coefficient (Wildman–Crippen LogP) is 4.64. The van der Waals surface area contributed by atoms with E-state index in [0.29, 0.717) is 91.7 Å². The topological polar surface area (TPSA) is 154 Å². The van der Waals surface area contributed by atoms with Crippen LogP contribution in [0.2, 0.25) is 0 Å². The van der Waals surface area contributed by atoms with Gasteiger partial charge in [-0.15, -0.1) is 0 Å². The molecule has 4 amide bonds. The molecule has 356 valence electrons. The Kier molecular flexibility index (Phi) is 15.0. The zero-order chi connectivity index (χ0) is 46.3. The summed E-state index contributed by atoms with van der Waals surface area (Å²) in [6, 6.07) is 19.2. The van der Waals surface area contributed by atoms with Gasteiger partial charge in [0.15, 0.2) is 0 Å². The average molecular weight is 916 g/mol. The van der Waals surface area contributed by atoms with E-state index in [1.807, 2.05) is 40.1 Å². The quantitative estimate of drug-likeness (QED) is 0.185. The monoisotopic (exact) mass is 916 g/mol. The van der Waals surface area contributed by atoms with Crippen LogP contribution in [0.15, 0.2) is 71.5 Å². The number of amides is 4. The van der Waals surface area contributed by atoms with Crippen molar-refractivity contribution in [3.8, 4) is 0 Å². The van der Waals surface area contributed by atoms with E-state index in [0.717, 1.165) is 97.2 Å². The van der Waals surface area contributed by atoms with Crippen LogP contribution in [0.3, 0.4) is 0 Å². The Hall–Kier alpha value is -5.51. The van der Waals surface area contributed by atoms with Crippen LogP contribution in [0.25, 0.3) is 10.8 Å². The normalized spacial score (nSPS) is 21.0. The molecule has 1 saturated carbocycles. The van der Waals surface area contributed by atoms with Gasteiger partial charge in [0.25, 0.3) is 17.4 Å². The molecule has 0 bridgehead atoms. The molecule has 0 radical (unpaired) electrons. The number of piperidine rings is 2. The van der Waals surface area contributed by atoms with Crippen LogP contribution in [0.5, 0.6) is 0 Å². The first-order valence-electron chi connectivity index (χ1n) is 24.8. The van der Waals surface area contributed by atoms with Crippen LogP contribution in [-0.4, -0.2) is 156 Å². The SMILES string of the molecule is O=C(N[C@@H](C(=O)N1CCN(CC2CCN(CC(=O)N3CCN(C(=O)c4cc(Cc5n[nH]c(=O)c6ccccc56)ccc4F)CC3)CC2)CC1)C1CCCCC1)c1cccc([C@H]2CCCNC2)c1. The van der Waals surface area contributed by atoms with Gasteiger partial charge in [0.1, 0.15) is 11.9 Å². The summed E-state index contributed by atoms with van der Waals surface area (Å²) in [6.45, 7) is 9.34. The molecule has 4 aliphatic heterocycles. The molecule has 9 rings (SSSR count). The Morgan fingerprint density at radius 2 is 1.46 bits per heavy atom. The molecular formula is C52H66FN9O5. The van der Waals surface area contributed by atoms with Gasteiger partial charge in [-0.25, -0.2) is 9.49 Å². The number of H-pyrrole nitrogens is 1. The number of nitrogens with one attached hydrogen (secondary N) is 3. The molecular weight excluding hydrogens is 850 g/mol. The number of fused-ring (bicyclic) bond motifs is 1. The van der Waals surface area contributed by atoms with Crippen LogP contribution >= 0.6 is 0 Å². The number of rotatable bonds is 12. The molecule has 5 aliphatic rings. The molecule has 15 heteroatoms. The molecule has 1 aliphatic carbocycles. The molecule has 1 aromatic heterocycles. The molecule has 67 heavy (non-hydrogen) atoms. The van der Waals surface area contributed by atoms with E-state index in [-0.39, 0.29) is 34.8 Å². The van der Waals surface area contributed by atoms with Crippen molar-refractivity contribution in [2.24, 2.45) is 11.8 Å². The lowest BCUT2D eigenvalue weighted by molar-refractivity contribution is -0.137. The van der Waals surface area contributed by atoms with Crippen molar-refractivity contribution in [3.63, 3.8) is 0 Å². The van der Waals surface area contributed by atoms with Crippen LogP contribution < -0.4 is 16.2 Å². The summed E-state index contributed by atoms with van der Waals surface area (Å²) in [6.07, 6.45) is 9.86. The van der Waals surface area contributed by atoms with Crippen LogP contribution in [0.1, 0.15) is 101 Å². The molecule has 4 aromatic rings. The van der Waals surface area contributed by atoms with Crippen molar-refractivity contribution < 1.29 is 23.6 Å². The lowest BCUT2D eigenvalue weighted by Gasteiger charge is -2.41. The molecule has 4 saturated heterocycles. The van der Waals surface area contributed by atoms with E-state index < -0.39 is 17.8 Å². The highest BCUT2D eigenvalue weighted by Crippen LogP contribution is 2.30. The van der Waals surface area contributed by atoms with Crippen LogP contribution in [0, 0.1) is 17.7 Å². The minimum Gasteiger partial charge on any atom is -0.340 e. The third-order valence-electron chi connectivity index (χ3n) is 15.2. The number of hydrogen-bond donors (Lipinski definition) is 3. The van der Waals surface area contributed by atoms with Crippen molar-refractivity contribution in [3.05, 3.63) is 111 Å². The summed E-state index contributed by atoms with van der Waals surface area (Å²) in [4.78, 5) is 77.4. The maximum Gasteiger partial charge on any atom is 0.272 e. The number of carbonyl (C=O) groups is 4. The Labute approximate surface area is 392 Å². The summed E-state index contributed by atoms with van der Waals surface area (Å²) in [7, 11) is 0. The number of likely N-dealkylation sites (tertiary alicyclic amines) is 1. The van der Waals surface area contributed by atoms with Crippen LogP contribution in [0.4, 0.5) is 4.39 Å². The standard InChI is InChI=1S/C52H66FN9O5/c53-45-16-15-37(31-46-42-13-4-5-14-43(42)50(65)57-56-46)30-44(45)51(66)61-28-26-60(27-29-61)47(63)35-58-20-17-36(18-21-58)34-59-22-24-62(25-23-59)52(67)48(38-8-2-1-3-9-38)55-49(64)40-11-6-10-39(32-40)41-12-7-19-54-33-41/h4-6,10-11,13-16,30,32,36,38,41,48,54H,1-3,7-9,12,17-29,31,33-35H2,(H,55,64)(H,57,65)/t41-,48+/m0/s1. The van der Waals surface area contributed by atoms with Gasteiger partial charge in [0, 0.05) is 82.8 Å². The number of piperazine rings is 2. The van der Waals surface area contributed by atoms with E-state index in [1.54, 1.807) is 29.2 Å². The number of carbonyl (C=O) groups excluding carboxylic acids is 4. The minimum atomic E-state index is -0.599. The predicted molar refractivity (Wildman–Crippen MR) is 255 cm³/mol. The van der Waals surface area contributed by atoms with Gasteiger partial charge < -0.3 is 25.3 Å². The number of aromatic amines is 1. The third-order valence-corrected chi connectivity index (χ3v) is 15.2. The van der Waals surface area contributed by atoms with Gasteiger partial charge >= 0.3 is 0 Å². The van der Waals surface area contributed by atoms with Crippen molar-refractivity contribution in [2.45, 2.75) is 76.2 Å². The molecule has 0 unspecified atom stereocenters. The van der Waals surface area contributed by atoms with Crippen molar-refractivity contribution in [1.29, 1.82) is 0 Å². The summed E-state index contributed by atoms with van der Waals surface area (Å²) in [5.41, 5.74) is 2.86. The lowest BCUT2D eigenvalue weighted by Crippen LogP contribution is -2.57. The van der Waals surface area contributed by atoms with Gasteiger partial charge in [-0.2, -0.15) is 5.10 Å². The largest absolute Gasteiger partial charge is 0.340 e. The first kappa shape index (κ1) is 46.6. The summed E-state index contributed by atoms with van der Waals surface area (Å²) < 4.78 is 15.1. The molecule has 0 spiro atoms. The molecule has 2 atom stereocenters. The Bertz CT molecular complexity index is 2450. The van der Waals surface area contributed by atoms with Gasteiger partial charge in [-0.05, 0) is 117 Å². The third kappa shape index (κ3) is 11.3. The summed E-state index contributed by atoms with van der Waals surface area (Å²) in [5, 5.41) is 14.7. The molecule has 3 N–H and O–H groups in total. The van der Waals surface area contributed by atoms with Crippen molar-refractivity contribution in [1.82, 2.24) is 45.3 Å². The van der Waals surface area contributed by atoms with E-state index in [4.69, 9.17) is 0 Å². The maximum atomic E-state index is 15.1. The van der Waals surface area contributed by atoms with E-state index in [9.17, 15) is 24.0 Å². The number of nitrogens with zero attached hydrogens (tertiary/aromatic N) is 6. The fourth-order valence-corrected chi connectivity index (χ4v) is 11.1. The first-order chi connectivity index (χ1) is 32.7. The molecule has 3 aromatic carbocycles. The Morgan fingerprint density at radius 1 is 0.731 bits per heavy atom. The second-order valence-corrected chi connectivity index (χ2v) is 19.6. The van der Waals surface area contributed by atoms with Crippen molar-refractivity contribution >= 4 is 34.4 Å². The smallest absolute Gasteiger partial charge is 0.272 e. The molecule has 5 fully saturated rings. The van der Waals surface area contributed by atoms with Gasteiger partial charge in [-0.3, -0.25) is 33.8 Å². The Morgan fingerprint density at radius 3 is 2.21 bits per heavy atom. The van der Waals surface area contributed by atoms with Gasteiger partial charge in [0.05, 0.1) is 23.2 Å². The molecule has 5 heterocycles. The number of halogens is 1. The number of benzene rings is 3. The van der Waals surface area contributed by atoms with Gasteiger partial charge in [0.2, 0.25) is 11.8 Å². The highest BCUT2D eigenvalue weighted by molar-refractivity contribution is 5.98. The first-order valence-corrected chi connectivity index (χ1v) is 24.8. The second kappa shape index (κ2) is 21.6. The van der Waals surface area contributed by atoms with E-state index in [1.165, 1.54) is 18.1 Å². The highest BCUT2D eigenvalue weighted by Gasteiger charge is 2.36. The zero-order valence-corrected chi connectivity index (χ0v) is 38.7. The fraction of sp³-hybridized carbons (Fsp3) is 0.538. The second-order valence-electron chi connectivity index (χ2n) is 19.6. The fourth-order valence-electron chi connectivity index (χ4n) is 11.1. The summed E-state index contributed by atoms with van der Waals surface area (Å²) in [5.74, 6) is 0.0285. The zero-order valence-electron chi connectivity index (χ0n) is 38.7. The lowest BCUT2D eigenvalue weighted by atomic mass is 9.83.